The predicted octanol–water partition coefficient (Wildman–Crippen LogP) is 9.99. The Labute approximate surface area is 247 Å². The Bertz CT molecular complexity index is 1160. The number of hydrogen-bond donors (Lipinski definition) is 0. The first-order valence-electron chi connectivity index (χ1n) is 12.5. The predicted molar refractivity (Wildman–Crippen MR) is 160 cm³/mol. The van der Waals surface area contributed by atoms with Crippen molar-refractivity contribution in [1.82, 2.24) is 0 Å². The van der Waals surface area contributed by atoms with Crippen LogP contribution < -0.4 is 0 Å². The van der Waals surface area contributed by atoms with E-state index in [-0.39, 0.29) is 39.7 Å². The van der Waals surface area contributed by atoms with E-state index >= 15 is 0 Å². The van der Waals surface area contributed by atoms with E-state index in [4.69, 9.17) is 0 Å². The molecule has 0 N–H and O–H groups in total. The van der Waals surface area contributed by atoms with Crippen LogP contribution in [0.1, 0.15) is 97.3 Å². The molecule has 0 heterocycles. The van der Waals surface area contributed by atoms with Gasteiger partial charge in [0.2, 0.25) is 0 Å². The fraction of sp³-hybridized carbons (Fsp3) is 0.375. The fourth-order valence-corrected chi connectivity index (χ4v) is 5.37. The number of fused-ring (bicyclic) bond motifs is 2. The average molecular weight is 613 g/mol. The Morgan fingerprint density at radius 3 is 1.19 bits per heavy atom. The molecule has 0 saturated heterocycles. The molecule has 4 heteroatoms. The van der Waals surface area contributed by atoms with Crippen molar-refractivity contribution >= 4 is 53.2 Å². The second-order valence-corrected chi connectivity index (χ2v) is 10.4. The summed E-state index contributed by atoms with van der Waals surface area (Å²) in [6.45, 7) is 3.06. The molecule has 4 aliphatic carbocycles. The van der Waals surface area contributed by atoms with Crippen molar-refractivity contribution in [2.75, 3.05) is 0 Å². The molecule has 36 heavy (non-hydrogen) atoms. The summed E-state index contributed by atoms with van der Waals surface area (Å²) >= 11 is 1.36. The maximum atomic E-state index is 3.06. The van der Waals surface area contributed by atoms with Gasteiger partial charge in [0.15, 0.2) is 0 Å². The molecule has 0 nitrogen and oxygen atoms in total. The second-order valence-electron chi connectivity index (χ2n) is 10.4. The van der Waals surface area contributed by atoms with Gasteiger partial charge in [-0.3, -0.25) is 0 Å². The maximum Gasteiger partial charge on any atom is -0.0251 e. The first-order valence-corrected chi connectivity index (χ1v) is 16.7. The van der Waals surface area contributed by atoms with E-state index in [1.165, 1.54) is 85.5 Å². The fourth-order valence-electron chi connectivity index (χ4n) is 5.37. The summed E-state index contributed by atoms with van der Waals surface area (Å²) in [4.78, 5) is 0. The molecule has 0 aromatic heterocycles. The number of hydrogen-bond acceptors (Lipinski definition) is 0. The molecule has 192 valence electrons. The molecule has 4 saturated carbocycles. The minimum atomic E-state index is 0. The molecule has 2 radical (unpaired) electrons. The quantitative estimate of drug-likeness (QED) is 0.159. The number of halogens is 2. The van der Waals surface area contributed by atoms with Gasteiger partial charge in [0, 0.05) is 0 Å². The first kappa shape index (κ1) is 31.6. The molecule has 0 spiro atoms. The molecule has 8 rings (SSSR count). The second kappa shape index (κ2) is 13.4. The topological polar surface area (TPSA) is 0 Å². The summed E-state index contributed by atoms with van der Waals surface area (Å²) in [6.07, 6.45) is 11.3. The molecule has 4 aromatic carbocycles. The standard InChI is InChI=1S/2C15H15.2CH3.2ClH.Si.Zr/c2*1-2-12-8-13(10-4-5-10)9-15(12)14(3-1)11-6-7-11;;;;;;/h2*1-3,8-11H,4-7H2;2*1H3;2*1H;;/q4*-1;;;;. The van der Waals surface area contributed by atoms with Crippen molar-refractivity contribution < 1.29 is 23.3 Å². The van der Waals surface area contributed by atoms with E-state index in [2.05, 4.69) is 67.5 Å². The van der Waals surface area contributed by atoms with Gasteiger partial charge in [0.25, 0.3) is 0 Å². The molecule has 4 fully saturated rings. The summed E-state index contributed by atoms with van der Waals surface area (Å²) in [7, 11) is 0. The van der Waals surface area contributed by atoms with Gasteiger partial charge in [0.05, 0.1) is 0 Å². The van der Waals surface area contributed by atoms with Gasteiger partial charge in [-0.2, -0.15) is 12.1 Å². The molecular weight excluding hydrogens is 575 g/mol. The molecule has 0 aliphatic heterocycles. The van der Waals surface area contributed by atoms with E-state index < -0.39 is 0 Å². The zero-order valence-electron chi connectivity index (χ0n) is 21.6. The molecule has 0 amide bonds. The van der Waals surface area contributed by atoms with Crippen molar-refractivity contribution in [1.29, 1.82) is 0 Å². The molecule has 0 atom stereocenters. The zero-order chi connectivity index (χ0) is 21.7. The van der Waals surface area contributed by atoms with Crippen LogP contribution in [0.3, 0.4) is 0 Å². The van der Waals surface area contributed by atoms with Crippen LogP contribution in [0.4, 0.5) is 0 Å². The Hall–Kier alpha value is -0.660. The third-order valence-electron chi connectivity index (χ3n) is 7.75. The van der Waals surface area contributed by atoms with Crippen LogP contribution in [0.15, 0.2) is 60.7 Å². The van der Waals surface area contributed by atoms with Crippen LogP contribution in [0.5, 0.6) is 0 Å². The normalized spacial score (nSPS) is 17.6. The van der Waals surface area contributed by atoms with E-state index in [0.29, 0.717) is 0 Å². The Morgan fingerprint density at radius 2 is 0.889 bits per heavy atom. The molecule has 0 bridgehead atoms. The molecule has 4 aliphatic rings. The van der Waals surface area contributed by atoms with Crippen LogP contribution in [-0.4, -0.2) is 6.88 Å². The van der Waals surface area contributed by atoms with Crippen molar-refractivity contribution in [2.24, 2.45) is 0 Å². The minimum Gasteiger partial charge on any atom is -0.164 e. The third kappa shape index (κ3) is 6.85. The molecular formula is C32H38Cl2SiZr-4. The van der Waals surface area contributed by atoms with Crippen LogP contribution in [0, 0.1) is 14.9 Å². The largest absolute Gasteiger partial charge is 0.164 e. The van der Waals surface area contributed by atoms with Gasteiger partial charge in [-0.05, 0) is 75.0 Å². The van der Waals surface area contributed by atoms with Crippen LogP contribution in [0.25, 0.3) is 21.5 Å². The van der Waals surface area contributed by atoms with Crippen molar-refractivity contribution in [3.05, 3.63) is 97.8 Å². The smallest absolute Gasteiger partial charge is 0.0251 e. The molecule has 4 aromatic rings. The molecule has 0 unspecified atom stereocenters. The first-order chi connectivity index (χ1) is 15.8. The number of rotatable bonds is 4. The maximum absolute atomic E-state index is 3.06. The van der Waals surface area contributed by atoms with Crippen LogP contribution >= 0.6 is 24.8 Å². The summed E-state index contributed by atoms with van der Waals surface area (Å²) in [5, 5.41) is 6.03. The van der Waals surface area contributed by atoms with Gasteiger partial charge in [-0.1, -0.05) is 23.3 Å². The van der Waals surface area contributed by atoms with Crippen molar-refractivity contribution in [3.63, 3.8) is 0 Å². The van der Waals surface area contributed by atoms with Crippen molar-refractivity contribution in [2.45, 2.75) is 75.0 Å². The van der Waals surface area contributed by atoms with Gasteiger partial charge in [-0.25, -0.2) is 0 Å². The summed E-state index contributed by atoms with van der Waals surface area (Å²) in [6, 6.07) is 23.4. The van der Waals surface area contributed by atoms with Crippen LogP contribution in [0.2, 0.25) is 0 Å². The van der Waals surface area contributed by atoms with Crippen molar-refractivity contribution in [3.8, 4) is 0 Å². The third-order valence-corrected chi connectivity index (χ3v) is 7.75. The van der Waals surface area contributed by atoms with E-state index in [0.717, 1.165) is 23.7 Å². The SMILES string of the molecule is Cl.Cl.[CH3-].[CH3-].[Si]=[Zr].c1cc(C2CC2)c2cc(C3CC3)[cH-]c2c1.c1cc(C2CC2)c2cc(C3CC3)[cH-]c2c1. The van der Waals surface area contributed by atoms with E-state index in [1.807, 2.05) is 0 Å². The van der Waals surface area contributed by atoms with Gasteiger partial charge in [0.1, 0.15) is 0 Å². The van der Waals surface area contributed by atoms with Gasteiger partial charge in [-0.15, -0.1) is 93.9 Å². The summed E-state index contributed by atoms with van der Waals surface area (Å²) in [5.74, 6) is 3.54. The van der Waals surface area contributed by atoms with E-state index in [1.54, 1.807) is 33.0 Å². The summed E-state index contributed by atoms with van der Waals surface area (Å²) < 4.78 is 0. The van der Waals surface area contributed by atoms with E-state index in [9.17, 15) is 0 Å². The van der Waals surface area contributed by atoms with Gasteiger partial charge < -0.3 is 14.9 Å². The van der Waals surface area contributed by atoms with Gasteiger partial charge >= 0.3 is 30.2 Å². The Morgan fingerprint density at radius 1 is 0.556 bits per heavy atom. The summed E-state index contributed by atoms with van der Waals surface area (Å²) in [5.41, 5.74) is 6.41. The van der Waals surface area contributed by atoms with Crippen LogP contribution in [-0.2, 0) is 23.3 Å². The number of benzene rings is 2. The zero-order valence-corrected chi connectivity index (χ0v) is 26.6. The average Bonchev–Trinajstić information content (AvgIpc) is 3.67. The monoisotopic (exact) mass is 610 g/mol. The Kier molecular flexibility index (Phi) is 11.8. The Balaban J connectivity index is 0.000000215. The minimum absolute atomic E-state index is 0.